The van der Waals surface area contributed by atoms with E-state index in [1.807, 2.05) is 4.90 Å². The number of nitrogens with two attached hydrogens (primary N) is 1. The van der Waals surface area contributed by atoms with Gasteiger partial charge in [0.15, 0.2) is 22.7 Å². The van der Waals surface area contributed by atoms with E-state index in [4.69, 9.17) is 24.4 Å². The molecule has 0 aliphatic carbocycles. The number of hydrogen-bond acceptors (Lipinski definition) is 10. The fourth-order valence-corrected chi connectivity index (χ4v) is 4.68. The van der Waals surface area contributed by atoms with Gasteiger partial charge in [-0.25, -0.2) is 9.38 Å². The summed E-state index contributed by atoms with van der Waals surface area (Å²) in [5.41, 5.74) is 6.53. The molecule has 0 bridgehead atoms. The van der Waals surface area contributed by atoms with Crippen LogP contribution in [0.5, 0.6) is 11.5 Å². The van der Waals surface area contributed by atoms with Crippen LogP contribution in [-0.2, 0) is 4.74 Å². The topological polar surface area (TPSA) is 155 Å². The number of morpholine rings is 1. The molecule has 1 unspecified atom stereocenters. The van der Waals surface area contributed by atoms with Gasteiger partial charge in [-0.2, -0.15) is 0 Å². The Hall–Kier alpha value is -4.48. The zero-order valence-electron chi connectivity index (χ0n) is 22.7. The summed E-state index contributed by atoms with van der Waals surface area (Å²) in [5.74, 6) is -1.79. The third-order valence-corrected chi connectivity index (χ3v) is 7.00. The maximum Gasteiger partial charge on any atom is 0.294 e. The average Bonchev–Trinajstić information content (AvgIpc) is 3.25. The molecule has 1 atom stereocenters. The zero-order valence-corrected chi connectivity index (χ0v) is 23.8. The minimum atomic E-state index is -0.908. The molecule has 1 aromatic heterocycles. The molecule has 12 nitrogen and oxygen atoms in total. The number of methoxy groups -OCH3 is 2. The number of rotatable bonds is 8. The van der Waals surface area contributed by atoms with Gasteiger partial charge in [0.2, 0.25) is 5.78 Å². The van der Waals surface area contributed by atoms with E-state index in [1.165, 1.54) is 32.6 Å². The number of halogens is 1. The molecule has 0 amide bonds. The van der Waals surface area contributed by atoms with Gasteiger partial charge in [0.05, 0.1) is 49.8 Å². The highest BCUT2D eigenvalue weighted by atomic mass is 31.0. The van der Waals surface area contributed by atoms with E-state index >= 15 is 4.39 Å². The number of ketones is 1. The number of aliphatic imine (C=N–C) groups is 1. The summed E-state index contributed by atoms with van der Waals surface area (Å²) in [6.07, 6.45) is 1.26. The Morgan fingerprint density at radius 1 is 1.27 bits per heavy atom. The van der Waals surface area contributed by atoms with E-state index < -0.39 is 16.5 Å². The Morgan fingerprint density at radius 3 is 2.59 bits per heavy atom. The Balaban J connectivity index is 1.64. The molecule has 0 radical (unpaired) electrons. The van der Waals surface area contributed by atoms with Crippen LogP contribution < -0.4 is 41.4 Å². The molecule has 0 saturated carbocycles. The quantitative estimate of drug-likeness (QED) is 0.100. The van der Waals surface area contributed by atoms with Gasteiger partial charge in [-0.3, -0.25) is 14.9 Å². The van der Waals surface area contributed by atoms with Crippen molar-refractivity contribution in [3.8, 4) is 11.5 Å². The van der Waals surface area contributed by atoms with Gasteiger partial charge in [-0.1, -0.05) is 6.58 Å². The summed E-state index contributed by atoms with van der Waals surface area (Å²) >= 11 is 0. The van der Waals surface area contributed by atoms with Crippen molar-refractivity contribution in [2.45, 2.75) is 6.92 Å². The van der Waals surface area contributed by atoms with Crippen LogP contribution in [0.1, 0.15) is 23.0 Å². The van der Waals surface area contributed by atoms with E-state index in [-0.39, 0.29) is 61.7 Å². The SMILES string of the molecule is C=c1c(N)c(C(=O)c2c(F)c(OC)cc(OC)c2P)o/c1=C/N=C(C)Nc1ccc(N2CCOCC2)cc1[N+](=O)[O-]. The van der Waals surface area contributed by atoms with Crippen LogP contribution in [0.3, 0.4) is 0 Å². The number of nitro benzene ring substituents is 1. The maximum atomic E-state index is 15.1. The lowest BCUT2D eigenvalue weighted by atomic mass is 10.1. The highest BCUT2D eigenvalue weighted by Crippen LogP contribution is 2.31. The Bertz CT molecular complexity index is 1620. The normalized spacial score (nSPS) is 14.2. The third kappa shape index (κ3) is 6.01. The summed E-state index contributed by atoms with van der Waals surface area (Å²) < 4.78 is 36.4. The lowest BCUT2D eigenvalue weighted by molar-refractivity contribution is -0.383. The van der Waals surface area contributed by atoms with Crippen LogP contribution in [0, 0.1) is 15.9 Å². The number of anilines is 3. The molecule has 216 valence electrons. The number of nitrogen functional groups attached to an aromatic ring is 1. The monoisotopic (exact) mass is 585 g/mol. The van der Waals surface area contributed by atoms with Crippen molar-refractivity contribution in [3.63, 3.8) is 0 Å². The highest BCUT2D eigenvalue weighted by Gasteiger charge is 2.28. The molecule has 3 N–H and O–H groups in total. The second kappa shape index (κ2) is 12.4. The molecule has 2 aromatic carbocycles. The summed E-state index contributed by atoms with van der Waals surface area (Å²) in [6.45, 7) is 7.81. The highest BCUT2D eigenvalue weighted by molar-refractivity contribution is 7.28. The van der Waals surface area contributed by atoms with Crippen molar-refractivity contribution >= 4 is 61.7 Å². The summed E-state index contributed by atoms with van der Waals surface area (Å²) in [5, 5.41) is 15.0. The molecule has 1 aliphatic heterocycles. The third-order valence-electron chi connectivity index (χ3n) is 6.43. The Morgan fingerprint density at radius 2 is 1.95 bits per heavy atom. The number of ether oxygens (including phenoxy) is 3. The van der Waals surface area contributed by atoms with Gasteiger partial charge in [-0.05, 0) is 19.1 Å². The summed E-state index contributed by atoms with van der Waals surface area (Å²) in [6, 6.07) is 6.20. The second-order valence-electron chi connectivity index (χ2n) is 8.93. The van der Waals surface area contributed by atoms with Crippen molar-refractivity contribution in [2.75, 3.05) is 56.5 Å². The molecule has 1 fully saturated rings. The number of nitro groups is 1. The van der Waals surface area contributed by atoms with Crippen LogP contribution in [0.15, 0.2) is 33.7 Å². The minimum Gasteiger partial charge on any atom is -0.496 e. The lowest BCUT2D eigenvalue weighted by Gasteiger charge is -2.28. The maximum absolute atomic E-state index is 15.1. The van der Waals surface area contributed by atoms with E-state index in [9.17, 15) is 14.9 Å². The molecule has 0 spiro atoms. The van der Waals surface area contributed by atoms with Crippen LogP contribution >= 0.6 is 9.24 Å². The number of furan rings is 1. The van der Waals surface area contributed by atoms with Gasteiger partial charge in [0, 0.05) is 41.4 Å². The average molecular weight is 586 g/mol. The molecular weight excluding hydrogens is 556 g/mol. The van der Waals surface area contributed by atoms with Crippen LogP contribution in [0.25, 0.3) is 12.8 Å². The molecule has 41 heavy (non-hydrogen) atoms. The first-order valence-corrected chi connectivity index (χ1v) is 12.9. The first-order chi connectivity index (χ1) is 19.6. The second-order valence-corrected chi connectivity index (χ2v) is 9.50. The molecule has 1 saturated heterocycles. The van der Waals surface area contributed by atoms with Gasteiger partial charge in [0.25, 0.3) is 5.69 Å². The number of carbonyl (C=O) groups excluding carboxylic acids is 1. The van der Waals surface area contributed by atoms with Gasteiger partial charge < -0.3 is 34.6 Å². The number of carbonyl (C=O) groups is 1. The predicted octanol–water partition coefficient (Wildman–Crippen LogP) is 2.17. The molecule has 14 heteroatoms. The number of nitrogens with one attached hydrogen (secondary N) is 1. The Kier molecular flexibility index (Phi) is 8.89. The largest absolute Gasteiger partial charge is 0.496 e. The smallest absolute Gasteiger partial charge is 0.294 e. The van der Waals surface area contributed by atoms with E-state index in [1.54, 1.807) is 19.1 Å². The van der Waals surface area contributed by atoms with Crippen molar-refractivity contribution in [2.24, 2.45) is 4.99 Å². The molecule has 1 aliphatic rings. The molecule has 3 aromatic rings. The minimum absolute atomic E-state index is 0.0461. The molecule has 2 heterocycles. The van der Waals surface area contributed by atoms with Gasteiger partial charge in [-0.15, -0.1) is 9.24 Å². The fourth-order valence-electron chi connectivity index (χ4n) is 4.22. The molecular formula is C27H29FN5O7P. The fraction of sp³-hybridized carbons (Fsp3) is 0.259. The number of nitrogens with zero attached hydrogens (tertiary/aromatic N) is 3. The number of amidine groups is 1. The van der Waals surface area contributed by atoms with Crippen LogP contribution in [-0.4, -0.2) is 57.1 Å². The number of benzene rings is 2. The van der Waals surface area contributed by atoms with Crippen LogP contribution in [0.4, 0.5) is 27.1 Å². The van der Waals surface area contributed by atoms with Gasteiger partial charge >= 0.3 is 0 Å². The first kappa shape index (κ1) is 29.5. The van der Waals surface area contributed by atoms with E-state index in [2.05, 4.69) is 26.1 Å². The van der Waals surface area contributed by atoms with Crippen molar-refractivity contribution in [3.05, 3.63) is 62.2 Å². The van der Waals surface area contributed by atoms with E-state index in [0.29, 0.717) is 26.3 Å². The molecule has 4 rings (SSSR count). The summed E-state index contributed by atoms with van der Waals surface area (Å²) in [7, 11) is 4.90. The Labute approximate surface area is 236 Å². The predicted molar refractivity (Wildman–Crippen MR) is 157 cm³/mol. The van der Waals surface area contributed by atoms with Crippen molar-refractivity contribution in [1.29, 1.82) is 0 Å². The van der Waals surface area contributed by atoms with Crippen LogP contribution in [0.2, 0.25) is 0 Å². The number of hydrogen-bond donors (Lipinski definition) is 2. The lowest BCUT2D eigenvalue weighted by Crippen LogP contribution is -2.36. The van der Waals surface area contributed by atoms with Gasteiger partial charge in [0.1, 0.15) is 17.3 Å². The standard InChI is InChI=1S/C27H29FN5O7P/c1-14-21(40-26(24(14)29)25(34)22-23(28)19(37-3)12-20(38-4)27(22)41)13-30-15(2)31-17-6-5-16(11-18(17)33(35)36)32-7-9-39-10-8-32/h5-6,11-13H,1,7-10,29,41H2,2-4H3,(H,30,31)/b21-13+. The van der Waals surface area contributed by atoms with Crippen molar-refractivity contribution < 1.29 is 32.7 Å². The first-order valence-electron chi connectivity index (χ1n) is 12.3. The van der Waals surface area contributed by atoms with E-state index in [0.717, 1.165) is 5.69 Å². The van der Waals surface area contributed by atoms with Crippen molar-refractivity contribution in [1.82, 2.24) is 0 Å². The summed E-state index contributed by atoms with van der Waals surface area (Å²) in [4.78, 5) is 30.9. The zero-order chi connectivity index (χ0) is 29.8.